The lowest BCUT2D eigenvalue weighted by atomic mass is 10.0. The summed E-state index contributed by atoms with van der Waals surface area (Å²) in [7, 11) is -2.04. The summed E-state index contributed by atoms with van der Waals surface area (Å²) in [6, 6.07) is 2.30. The Balaban J connectivity index is 1.95. The Morgan fingerprint density at radius 1 is 0.826 bits per heavy atom. The topological polar surface area (TPSA) is 31.6 Å². The van der Waals surface area contributed by atoms with Gasteiger partial charge in [-0.1, -0.05) is 26.2 Å². The van der Waals surface area contributed by atoms with E-state index in [9.17, 15) is 0 Å². The van der Waals surface area contributed by atoms with Gasteiger partial charge in [0.1, 0.15) is 11.0 Å². The molecule has 3 heterocycles. The van der Waals surface area contributed by atoms with Gasteiger partial charge in [-0.2, -0.15) is 0 Å². The van der Waals surface area contributed by atoms with Crippen LogP contribution < -0.4 is 0 Å². The smallest absolute Gasteiger partial charge is 0.132 e. The summed E-state index contributed by atoms with van der Waals surface area (Å²) in [6.45, 7) is 11.4. The Bertz CT molecular complexity index is 468. The molecule has 2 aliphatic rings. The second kappa shape index (κ2) is 6.86. The first-order valence-corrected chi connectivity index (χ1v) is 15.2. The highest BCUT2D eigenvalue weighted by atomic mass is 28.3. The molecular formula is C18H32O3Si2. The van der Waals surface area contributed by atoms with Gasteiger partial charge in [-0.05, 0) is 44.6 Å². The molecule has 0 saturated carbocycles. The lowest BCUT2D eigenvalue weighted by Gasteiger charge is -2.40. The predicted molar refractivity (Wildman–Crippen MR) is 99.4 cm³/mol. The molecular weight excluding hydrogens is 320 g/mol. The number of ether oxygens (including phenoxy) is 2. The number of furan rings is 1. The first-order chi connectivity index (χ1) is 11.0. The number of hydrogen-bond acceptors (Lipinski definition) is 3. The number of hydrogen-bond donors (Lipinski definition) is 0. The normalized spacial score (nSPS) is 32.6. The monoisotopic (exact) mass is 352 g/mol. The van der Waals surface area contributed by atoms with E-state index < -0.39 is 17.6 Å². The molecule has 2 fully saturated rings. The zero-order valence-electron chi connectivity index (χ0n) is 15.2. The minimum Gasteiger partial charge on any atom is -0.466 e. The molecule has 1 aromatic heterocycles. The SMILES string of the molecule is C[SiH](C)C1(c2coc(C3([SiH](C)C)CCCCO3)c2)CCCCO1. The van der Waals surface area contributed by atoms with Crippen molar-refractivity contribution in [3.05, 3.63) is 23.7 Å². The van der Waals surface area contributed by atoms with E-state index >= 15 is 0 Å². The molecule has 0 aliphatic carbocycles. The maximum absolute atomic E-state index is 6.38. The molecule has 0 aromatic carbocycles. The summed E-state index contributed by atoms with van der Waals surface area (Å²) >= 11 is 0. The first kappa shape index (κ1) is 17.5. The van der Waals surface area contributed by atoms with Crippen molar-refractivity contribution in [1.29, 1.82) is 0 Å². The van der Waals surface area contributed by atoms with Crippen molar-refractivity contribution in [2.24, 2.45) is 0 Å². The van der Waals surface area contributed by atoms with Crippen LogP contribution in [0.5, 0.6) is 0 Å². The minimum absolute atomic E-state index is 0.0333. The molecule has 2 aliphatic heterocycles. The standard InChI is InChI=1S/C18H32O3Si2/c1-22(2)17(9-5-7-11-20-17)15-13-16(19-14-15)18(23(3)4)10-6-8-12-21-18/h13-14,22-23H,5-12H2,1-4H3. The molecule has 2 atom stereocenters. The zero-order valence-corrected chi connectivity index (χ0v) is 17.5. The van der Waals surface area contributed by atoms with Gasteiger partial charge >= 0.3 is 0 Å². The van der Waals surface area contributed by atoms with Crippen LogP contribution in [0.3, 0.4) is 0 Å². The fraction of sp³-hybridized carbons (Fsp3) is 0.778. The van der Waals surface area contributed by atoms with Gasteiger partial charge in [-0.15, -0.1) is 0 Å². The van der Waals surface area contributed by atoms with Gasteiger partial charge < -0.3 is 13.9 Å². The van der Waals surface area contributed by atoms with Crippen LogP contribution in [0, 0.1) is 0 Å². The van der Waals surface area contributed by atoms with Crippen molar-refractivity contribution in [3.63, 3.8) is 0 Å². The Labute approximate surface area is 144 Å². The molecule has 2 saturated heterocycles. The summed E-state index contributed by atoms with van der Waals surface area (Å²) in [5, 5.41) is -0.140. The third-order valence-electron chi connectivity index (χ3n) is 5.97. The van der Waals surface area contributed by atoms with Crippen LogP contribution >= 0.6 is 0 Å². The quantitative estimate of drug-likeness (QED) is 0.764. The number of rotatable bonds is 4. The summed E-state index contributed by atoms with van der Waals surface area (Å²) in [6.07, 6.45) is 9.17. The van der Waals surface area contributed by atoms with Gasteiger partial charge in [-0.3, -0.25) is 0 Å². The van der Waals surface area contributed by atoms with Crippen molar-refractivity contribution in [2.75, 3.05) is 13.2 Å². The van der Waals surface area contributed by atoms with Crippen LogP contribution in [-0.4, -0.2) is 30.8 Å². The van der Waals surface area contributed by atoms with Crippen LogP contribution in [0.25, 0.3) is 0 Å². The van der Waals surface area contributed by atoms with E-state index in [1.807, 2.05) is 6.26 Å². The Kier molecular flexibility index (Phi) is 5.21. The van der Waals surface area contributed by atoms with E-state index in [0.29, 0.717) is 0 Å². The Hall–Kier alpha value is -0.366. The molecule has 130 valence electrons. The van der Waals surface area contributed by atoms with Crippen molar-refractivity contribution < 1.29 is 13.9 Å². The largest absolute Gasteiger partial charge is 0.466 e. The van der Waals surface area contributed by atoms with E-state index in [1.54, 1.807) is 0 Å². The maximum Gasteiger partial charge on any atom is 0.132 e. The van der Waals surface area contributed by atoms with Gasteiger partial charge in [0.15, 0.2) is 0 Å². The van der Waals surface area contributed by atoms with E-state index in [4.69, 9.17) is 13.9 Å². The molecule has 0 amide bonds. The second-order valence-corrected chi connectivity index (χ2v) is 14.4. The molecule has 5 heteroatoms. The maximum atomic E-state index is 6.38. The molecule has 0 radical (unpaired) electrons. The average Bonchev–Trinajstić information content (AvgIpc) is 3.06. The van der Waals surface area contributed by atoms with Crippen LogP contribution in [0.1, 0.15) is 49.8 Å². The summed E-state index contributed by atoms with van der Waals surface area (Å²) < 4.78 is 18.9. The van der Waals surface area contributed by atoms with E-state index in [1.165, 1.54) is 31.2 Å². The highest BCUT2D eigenvalue weighted by molar-refractivity contribution is 6.59. The molecule has 0 bridgehead atoms. The zero-order chi connectivity index (χ0) is 16.5. The summed E-state index contributed by atoms with van der Waals surface area (Å²) in [5.41, 5.74) is 1.29. The van der Waals surface area contributed by atoms with Crippen LogP contribution in [0.2, 0.25) is 26.2 Å². The highest BCUT2D eigenvalue weighted by Crippen LogP contribution is 2.43. The Morgan fingerprint density at radius 3 is 1.87 bits per heavy atom. The molecule has 2 unspecified atom stereocenters. The van der Waals surface area contributed by atoms with Gasteiger partial charge in [-0.25, -0.2) is 0 Å². The highest BCUT2D eigenvalue weighted by Gasteiger charge is 2.45. The van der Waals surface area contributed by atoms with E-state index in [-0.39, 0.29) is 10.4 Å². The lowest BCUT2D eigenvalue weighted by Crippen LogP contribution is -2.45. The van der Waals surface area contributed by atoms with Crippen LogP contribution in [-0.2, 0) is 19.9 Å². The summed E-state index contributed by atoms with van der Waals surface area (Å²) in [5.74, 6) is 1.08. The van der Waals surface area contributed by atoms with Gasteiger partial charge in [0.25, 0.3) is 0 Å². The fourth-order valence-corrected chi connectivity index (χ4v) is 8.37. The van der Waals surface area contributed by atoms with Crippen molar-refractivity contribution in [2.45, 2.75) is 75.2 Å². The first-order valence-electron chi connectivity index (χ1n) is 9.39. The molecule has 23 heavy (non-hydrogen) atoms. The average molecular weight is 353 g/mol. The molecule has 1 aromatic rings. The third-order valence-corrected chi connectivity index (χ3v) is 11.2. The lowest BCUT2D eigenvalue weighted by molar-refractivity contribution is -0.0396. The van der Waals surface area contributed by atoms with Gasteiger partial charge in [0, 0.05) is 18.8 Å². The van der Waals surface area contributed by atoms with Crippen molar-refractivity contribution in [3.8, 4) is 0 Å². The van der Waals surface area contributed by atoms with Crippen LogP contribution in [0.4, 0.5) is 0 Å². The Morgan fingerprint density at radius 2 is 1.39 bits per heavy atom. The molecule has 3 nitrogen and oxygen atoms in total. The van der Waals surface area contributed by atoms with E-state index in [0.717, 1.165) is 31.8 Å². The minimum atomic E-state index is -1.04. The second-order valence-electron chi connectivity index (χ2n) is 7.90. The van der Waals surface area contributed by atoms with Crippen LogP contribution in [0.15, 0.2) is 16.7 Å². The summed E-state index contributed by atoms with van der Waals surface area (Å²) in [4.78, 5) is 0. The van der Waals surface area contributed by atoms with Crippen molar-refractivity contribution >= 4 is 17.6 Å². The molecule has 3 rings (SSSR count). The molecule has 0 spiro atoms. The molecule has 0 N–H and O–H groups in total. The predicted octanol–water partition coefficient (Wildman–Crippen LogP) is 4.12. The van der Waals surface area contributed by atoms with Crippen molar-refractivity contribution in [1.82, 2.24) is 0 Å². The van der Waals surface area contributed by atoms with Gasteiger partial charge in [0.2, 0.25) is 0 Å². The van der Waals surface area contributed by atoms with Gasteiger partial charge in [0.05, 0.1) is 29.1 Å². The van der Waals surface area contributed by atoms with E-state index in [2.05, 4.69) is 32.3 Å². The fourth-order valence-electron chi connectivity index (χ4n) is 4.36. The third kappa shape index (κ3) is 3.01.